The molecule has 0 aromatic carbocycles. The topological polar surface area (TPSA) is 66.0 Å². The van der Waals surface area contributed by atoms with Gasteiger partial charge in [-0.25, -0.2) is 4.68 Å². The summed E-state index contributed by atoms with van der Waals surface area (Å²) in [6, 6.07) is 0.491. The van der Waals surface area contributed by atoms with E-state index in [-0.39, 0.29) is 6.10 Å². The van der Waals surface area contributed by atoms with Crippen molar-refractivity contribution in [2.24, 2.45) is 11.7 Å². The Morgan fingerprint density at radius 3 is 2.80 bits per heavy atom. The molecular formula is C10H18N4O. The number of nitrogens with zero attached hydrogens (tertiary/aromatic N) is 3. The van der Waals surface area contributed by atoms with Gasteiger partial charge in [0.05, 0.1) is 17.8 Å². The summed E-state index contributed by atoms with van der Waals surface area (Å²) in [7, 11) is 1.69. The van der Waals surface area contributed by atoms with E-state index in [0.29, 0.717) is 18.5 Å². The first-order chi connectivity index (χ1) is 7.19. The predicted octanol–water partition coefficient (Wildman–Crippen LogP) is 1.03. The lowest BCUT2D eigenvalue weighted by Crippen LogP contribution is -2.11. The molecular weight excluding hydrogens is 192 g/mol. The van der Waals surface area contributed by atoms with Crippen molar-refractivity contribution in [2.45, 2.75) is 39.0 Å². The van der Waals surface area contributed by atoms with Crippen LogP contribution in [0.4, 0.5) is 0 Å². The Kier molecular flexibility index (Phi) is 2.75. The lowest BCUT2D eigenvalue weighted by Gasteiger charge is -2.12. The molecule has 1 saturated carbocycles. The molecule has 1 aromatic heterocycles. The van der Waals surface area contributed by atoms with Crippen LogP contribution in [-0.4, -0.2) is 22.1 Å². The molecule has 15 heavy (non-hydrogen) atoms. The van der Waals surface area contributed by atoms with Gasteiger partial charge in [-0.1, -0.05) is 12.1 Å². The van der Waals surface area contributed by atoms with Crippen LogP contribution in [0.5, 0.6) is 0 Å². The van der Waals surface area contributed by atoms with E-state index in [1.807, 2.05) is 11.6 Å². The van der Waals surface area contributed by atoms with Crippen LogP contribution in [0.1, 0.15) is 43.8 Å². The van der Waals surface area contributed by atoms with Crippen LogP contribution in [0.25, 0.3) is 0 Å². The monoisotopic (exact) mass is 210 g/mol. The first-order valence-corrected chi connectivity index (χ1v) is 5.35. The third-order valence-electron chi connectivity index (χ3n) is 3.12. The van der Waals surface area contributed by atoms with E-state index in [4.69, 9.17) is 10.5 Å². The molecule has 1 aliphatic rings. The standard InChI is InChI=1S/C10H18N4O/c1-6-4-9(6)14-10(7(2)15-3)8(5-11)12-13-14/h6-7,9H,4-5,11H2,1-3H3. The zero-order chi connectivity index (χ0) is 11.0. The average molecular weight is 210 g/mol. The highest BCUT2D eigenvalue weighted by atomic mass is 16.5. The molecule has 0 radical (unpaired) electrons. The number of rotatable bonds is 4. The molecule has 3 atom stereocenters. The van der Waals surface area contributed by atoms with Crippen molar-refractivity contribution in [1.29, 1.82) is 0 Å². The quantitative estimate of drug-likeness (QED) is 0.806. The van der Waals surface area contributed by atoms with E-state index in [2.05, 4.69) is 17.2 Å². The number of ether oxygens (including phenoxy) is 1. The summed E-state index contributed by atoms with van der Waals surface area (Å²) in [6.45, 7) is 4.64. The Bertz CT molecular complexity index is 349. The summed E-state index contributed by atoms with van der Waals surface area (Å²) in [5.74, 6) is 0.695. The van der Waals surface area contributed by atoms with Crippen LogP contribution < -0.4 is 5.73 Å². The largest absolute Gasteiger partial charge is 0.375 e. The molecule has 3 unspecified atom stereocenters. The first kappa shape index (κ1) is 10.6. The molecule has 0 aliphatic heterocycles. The van der Waals surface area contributed by atoms with Crippen molar-refractivity contribution in [1.82, 2.24) is 15.0 Å². The molecule has 0 amide bonds. The molecule has 1 aliphatic carbocycles. The van der Waals surface area contributed by atoms with Crippen molar-refractivity contribution in [3.63, 3.8) is 0 Å². The van der Waals surface area contributed by atoms with Crippen molar-refractivity contribution in [2.75, 3.05) is 7.11 Å². The zero-order valence-corrected chi connectivity index (χ0v) is 9.47. The van der Waals surface area contributed by atoms with Gasteiger partial charge in [0.2, 0.25) is 0 Å². The highest BCUT2D eigenvalue weighted by Crippen LogP contribution is 2.43. The second-order valence-electron chi connectivity index (χ2n) is 4.23. The Labute approximate surface area is 89.6 Å². The number of nitrogens with two attached hydrogens (primary N) is 1. The smallest absolute Gasteiger partial charge is 0.102 e. The highest BCUT2D eigenvalue weighted by molar-refractivity contribution is 5.15. The molecule has 1 aromatic rings. The maximum atomic E-state index is 5.64. The molecule has 0 bridgehead atoms. The van der Waals surface area contributed by atoms with Gasteiger partial charge in [-0.05, 0) is 19.3 Å². The van der Waals surface area contributed by atoms with Gasteiger partial charge in [0, 0.05) is 13.7 Å². The minimum atomic E-state index is 0.00588. The third-order valence-corrected chi connectivity index (χ3v) is 3.12. The normalized spacial score (nSPS) is 26.7. The van der Waals surface area contributed by atoms with Gasteiger partial charge in [-0.3, -0.25) is 0 Å². The fourth-order valence-corrected chi connectivity index (χ4v) is 1.90. The Morgan fingerprint density at radius 1 is 1.67 bits per heavy atom. The number of hydrogen-bond acceptors (Lipinski definition) is 4. The maximum Gasteiger partial charge on any atom is 0.102 e. The SMILES string of the molecule is COC(C)c1c(CN)nnn1C1CC1C. The maximum absolute atomic E-state index is 5.64. The molecule has 2 rings (SSSR count). The first-order valence-electron chi connectivity index (χ1n) is 5.35. The van der Waals surface area contributed by atoms with Gasteiger partial charge >= 0.3 is 0 Å². The fourth-order valence-electron chi connectivity index (χ4n) is 1.90. The second kappa shape index (κ2) is 3.90. The van der Waals surface area contributed by atoms with Gasteiger partial charge in [0.15, 0.2) is 0 Å². The molecule has 84 valence electrons. The summed E-state index contributed by atoms with van der Waals surface area (Å²) in [4.78, 5) is 0. The van der Waals surface area contributed by atoms with E-state index in [0.717, 1.165) is 11.4 Å². The lowest BCUT2D eigenvalue weighted by molar-refractivity contribution is 0.110. The average Bonchev–Trinajstić information content (AvgIpc) is 2.82. The van der Waals surface area contributed by atoms with E-state index in [1.165, 1.54) is 6.42 Å². The highest BCUT2D eigenvalue weighted by Gasteiger charge is 2.38. The van der Waals surface area contributed by atoms with Gasteiger partial charge < -0.3 is 10.5 Å². The second-order valence-corrected chi connectivity index (χ2v) is 4.23. The van der Waals surface area contributed by atoms with Crippen molar-refractivity contribution >= 4 is 0 Å². The Hall–Kier alpha value is -0.940. The molecule has 0 saturated heterocycles. The van der Waals surface area contributed by atoms with Crippen molar-refractivity contribution in [3.8, 4) is 0 Å². The van der Waals surface area contributed by atoms with Gasteiger partial charge in [0.1, 0.15) is 5.69 Å². The van der Waals surface area contributed by atoms with Crippen LogP contribution in [0, 0.1) is 5.92 Å². The Morgan fingerprint density at radius 2 is 2.33 bits per heavy atom. The minimum absolute atomic E-state index is 0.00588. The number of methoxy groups -OCH3 is 1. The van der Waals surface area contributed by atoms with Crippen molar-refractivity contribution in [3.05, 3.63) is 11.4 Å². The van der Waals surface area contributed by atoms with Gasteiger partial charge in [0.25, 0.3) is 0 Å². The molecule has 2 N–H and O–H groups in total. The summed E-state index contributed by atoms with van der Waals surface area (Å²) >= 11 is 0. The van der Waals surface area contributed by atoms with Crippen LogP contribution in [0.15, 0.2) is 0 Å². The van der Waals surface area contributed by atoms with Gasteiger partial charge in [-0.2, -0.15) is 0 Å². The number of aromatic nitrogens is 3. The van der Waals surface area contributed by atoms with E-state index in [1.54, 1.807) is 7.11 Å². The van der Waals surface area contributed by atoms with E-state index in [9.17, 15) is 0 Å². The minimum Gasteiger partial charge on any atom is -0.375 e. The fraction of sp³-hybridized carbons (Fsp3) is 0.800. The van der Waals surface area contributed by atoms with Crippen LogP contribution in [-0.2, 0) is 11.3 Å². The summed E-state index contributed by atoms with van der Waals surface area (Å²) in [6.07, 6.45) is 1.18. The molecule has 1 heterocycles. The molecule has 0 spiro atoms. The molecule has 1 fully saturated rings. The van der Waals surface area contributed by atoms with Crippen LogP contribution in [0.3, 0.4) is 0 Å². The molecule has 5 heteroatoms. The van der Waals surface area contributed by atoms with E-state index < -0.39 is 0 Å². The summed E-state index contributed by atoms with van der Waals surface area (Å²) in [5, 5.41) is 8.28. The Balaban J connectivity index is 2.33. The zero-order valence-electron chi connectivity index (χ0n) is 9.47. The third kappa shape index (κ3) is 1.77. The van der Waals surface area contributed by atoms with Crippen LogP contribution >= 0.6 is 0 Å². The number of hydrogen-bond donors (Lipinski definition) is 1. The van der Waals surface area contributed by atoms with E-state index >= 15 is 0 Å². The predicted molar refractivity (Wildman–Crippen MR) is 56.2 cm³/mol. The van der Waals surface area contributed by atoms with Gasteiger partial charge in [-0.15, -0.1) is 5.10 Å². The van der Waals surface area contributed by atoms with Crippen LogP contribution in [0.2, 0.25) is 0 Å². The molecule has 5 nitrogen and oxygen atoms in total. The summed E-state index contributed by atoms with van der Waals surface area (Å²) in [5.41, 5.74) is 7.53. The lowest BCUT2D eigenvalue weighted by atomic mass is 10.2. The van der Waals surface area contributed by atoms with Crippen molar-refractivity contribution < 1.29 is 4.74 Å². The summed E-state index contributed by atoms with van der Waals surface area (Å²) < 4.78 is 7.32.